The molecule has 0 amide bonds. The van der Waals surface area contributed by atoms with Crippen molar-refractivity contribution in [3.63, 3.8) is 0 Å². The highest BCUT2D eigenvalue weighted by atomic mass is 16.5. The second kappa shape index (κ2) is 16.8. The lowest BCUT2D eigenvalue weighted by atomic mass is 10.0. The van der Waals surface area contributed by atoms with Gasteiger partial charge in [0, 0.05) is 0 Å². The molecular weight excluding hydrogens is 304 g/mol. The van der Waals surface area contributed by atoms with Crippen LogP contribution in [0.5, 0.6) is 0 Å². The summed E-state index contributed by atoms with van der Waals surface area (Å²) in [6.07, 6.45) is 12.0. The molecule has 0 bridgehead atoms. The fourth-order valence-electron chi connectivity index (χ4n) is 2.54. The Bertz CT molecular complexity index is 315. The van der Waals surface area contributed by atoms with Gasteiger partial charge in [0.2, 0.25) is 0 Å². The van der Waals surface area contributed by atoms with Crippen LogP contribution in [0.1, 0.15) is 97.8 Å². The molecule has 142 valence electrons. The summed E-state index contributed by atoms with van der Waals surface area (Å²) in [5, 5.41) is 0. The minimum atomic E-state index is -0.367. The monoisotopic (exact) mass is 342 g/mol. The van der Waals surface area contributed by atoms with Crippen LogP contribution >= 0.6 is 0 Å². The Morgan fingerprint density at radius 2 is 1.21 bits per heavy atom. The van der Waals surface area contributed by atoms with Crippen molar-refractivity contribution in [1.82, 2.24) is 0 Å². The summed E-state index contributed by atoms with van der Waals surface area (Å²) in [7, 11) is 0. The van der Waals surface area contributed by atoms with E-state index in [0.29, 0.717) is 19.6 Å². The predicted molar refractivity (Wildman–Crippen MR) is 97.8 cm³/mol. The summed E-state index contributed by atoms with van der Waals surface area (Å²) >= 11 is 0. The van der Waals surface area contributed by atoms with E-state index in [1.807, 2.05) is 6.92 Å². The zero-order valence-corrected chi connectivity index (χ0v) is 16.1. The highest BCUT2D eigenvalue weighted by Gasteiger charge is 2.22. The first-order chi connectivity index (χ1) is 11.7. The molecule has 24 heavy (non-hydrogen) atoms. The van der Waals surface area contributed by atoms with Gasteiger partial charge >= 0.3 is 11.9 Å². The first-order valence-electron chi connectivity index (χ1n) is 9.97. The quantitative estimate of drug-likeness (QED) is 0.277. The van der Waals surface area contributed by atoms with E-state index in [-0.39, 0.29) is 24.3 Å². The molecule has 1 atom stereocenters. The number of unbranched alkanes of at least 4 members (excludes halogenated alkanes) is 8. The van der Waals surface area contributed by atoms with Gasteiger partial charge in [-0.3, -0.25) is 9.59 Å². The van der Waals surface area contributed by atoms with Crippen LogP contribution in [0.15, 0.2) is 0 Å². The van der Waals surface area contributed by atoms with Crippen molar-refractivity contribution in [1.29, 1.82) is 0 Å². The van der Waals surface area contributed by atoms with Gasteiger partial charge < -0.3 is 9.47 Å². The fraction of sp³-hybridized carbons (Fsp3) is 0.900. The number of carbonyl (C=O) groups is 2. The Balaban J connectivity index is 3.77. The van der Waals surface area contributed by atoms with Crippen LogP contribution in [0.3, 0.4) is 0 Å². The van der Waals surface area contributed by atoms with E-state index in [4.69, 9.17) is 9.47 Å². The SMILES string of the molecule is CCCCCCCOC(=O)CC(CC)C(=O)OCCCCCCC. The molecule has 0 spiro atoms. The van der Waals surface area contributed by atoms with Gasteiger partial charge in [0.05, 0.1) is 25.6 Å². The van der Waals surface area contributed by atoms with Gasteiger partial charge in [0.15, 0.2) is 0 Å². The van der Waals surface area contributed by atoms with E-state index >= 15 is 0 Å². The maximum atomic E-state index is 12.0. The van der Waals surface area contributed by atoms with Crippen molar-refractivity contribution in [2.24, 2.45) is 5.92 Å². The third-order valence-corrected chi connectivity index (χ3v) is 4.24. The van der Waals surface area contributed by atoms with E-state index in [1.165, 1.54) is 38.5 Å². The van der Waals surface area contributed by atoms with Crippen molar-refractivity contribution in [2.45, 2.75) is 97.8 Å². The zero-order valence-electron chi connectivity index (χ0n) is 16.1. The van der Waals surface area contributed by atoms with E-state index < -0.39 is 0 Å². The second-order valence-corrected chi connectivity index (χ2v) is 6.53. The van der Waals surface area contributed by atoms with Crippen LogP contribution < -0.4 is 0 Å². The Kier molecular flexibility index (Phi) is 16.0. The Morgan fingerprint density at radius 3 is 1.71 bits per heavy atom. The van der Waals surface area contributed by atoms with Crippen molar-refractivity contribution in [3.05, 3.63) is 0 Å². The standard InChI is InChI=1S/C20H38O4/c1-4-7-9-11-13-15-23-19(21)17-18(6-3)20(22)24-16-14-12-10-8-5-2/h18H,4-17H2,1-3H3. The van der Waals surface area contributed by atoms with Crippen molar-refractivity contribution >= 4 is 11.9 Å². The van der Waals surface area contributed by atoms with Gasteiger partial charge in [-0.05, 0) is 19.3 Å². The molecule has 0 fully saturated rings. The second-order valence-electron chi connectivity index (χ2n) is 6.53. The van der Waals surface area contributed by atoms with Crippen LogP contribution in [0.4, 0.5) is 0 Å². The van der Waals surface area contributed by atoms with Gasteiger partial charge in [0.1, 0.15) is 0 Å². The van der Waals surface area contributed by atoms with Crippen LogP contribution in [0, 0.1) is 5.92 Å². The minimum absolute atomic E-state index is 0.139. The maximum Gasteiger partial charge on any atom is 0.309 e. The molecule has 4 heteroatoms. The van der Waals surface area contributed by atoms with Gasteiger partial charge in [-0.15, -0.1) is 0 Å². The minimum Gasteiger partial charge on any atom is -0.466 e. The number of hydrogen-bond donors (Lipinski definition) is 0. The van der Waals surface area contributed by atoms with Crippen molar-refractivity contribution in [2.75, 3.05) is 13.2 Å². The van der Waals surface area contributed by atoms with E-state index in [2.05, 4.69) is 13.8 Å². The molecule has 0 rings (SSSR count). The Labute approximate surface area is 148 Å². The Morgan fingerprint density at radius 1 is 0.708 bits per heavy atom. The van der Waals surface area contributed by atoms with E-state index in [0.717, 1.165) is 25.7 Å². The smallest absolute Gasteiger partial charge is 0.309 e. The summed E-state index contributed by atoms with van der Waals surface area (Å²) in [5.74, 6) is -0.904. The summed E-state index contributed by atoms with van der Waals surface area (Å²) in [4.78, 5) is 23.8. The number of ether oxygens (including phenoxy) is 2. The van der Waals surface area contributed by atoms with Crippen LogP contribution in [-0.4, -0.2) is 25.2 Å². The first-order valence-corrected chi connectivity index (χ1v) is 9.97. The van der Waals surface area contributed by atoms with E-state index in [9.17, 15) is 9.59 Å². The number of carbonyl (C=O) groups excluding carboxylic acids is 2. The largest absolute Gasteiger partial charge is 0.466 e. The molecule has 0 aliphatic carbocycles. The molecule has 0 saturated heterocycles. The third kappa shape index (κ3) is 13.4. The molecule has 0 saturated carbocycles. The summed E-state index contributed by atoms with van der Waals surface area (Å²) in [6.45, 7) is 7.19. The summed E-state index contributed by atoms with van der Waals surface area (Å²) in [5.41, 5.74) is 0. The summed E-state index contributed by atoms with van der Waals surface area (Å²) < 4.78 is 10.5. The Hall–Kier alpha value is -1.06. The van der Waals surface area contributed by atoms with E-state index in [1.54, 1.807) is 0 Å². The third-order valence-electron chi connectivity index (χ3n) is 4.24. The number of esters is 2. The number of hydrogen-bond acceptors (Lipinski definition) is 4. The first kappa shape index (κ1) is 22.9. The van der Waals surface area contributed by atoms with Crippen LogP contribution in [0.25, 0.3) is 0 Å². The molecule has 0 N–H and O–H groups in total. The average Bonchev–Trinajstić information content (AvgIpc) is 2.58. The highest BCUT2D eigenvalue weighted by Crippen LogP contribution is 2.13. The van der Waals surface area contributed by atoms with Gasteiger partial charge in [0.25, 0.3) is 0 Å². The van der Waals surface area contributed by atoms with Crippen molar-refractivity contribution < 1.29 is 19.1 Å². The molecule has 0 aromatic carbocycles. The lowest BCUT2D eigenvalue weighted by Crippen LogP contribution is -2.22. The van der Waals surface area contributed by atoms with Crippen LogP contribution in [0.2, 0.25) is 0 Å². The predicted octanol–water partition coefficient (Wildman–Crippen LogP) is 5.43. The van der Waals surface area contributed by atoms with Gasteiger partial charge in [-0.1, -0.05) is 72.1 Å². The van der Waals surface area contributed by atoms with Gasteiger partial charge in [-0.2, -0.15) is 0 Å². The highest BCUT2D eigenvalue weighted by molar-refractivity contribution is 5.79. The average molecular weight is 343 g/mol. The topological polar surface area (TPSA) is 52.6 Å². The summed E-state index contributed by atoms with van der Waals surface area (Å²) in [6, 6.07) is 0. The van der Waals surface area contributed by atoms with Crippen LogP contribution in [-0.2, 0) is 19.1 Å². The molecule has 0 aromatic heterocycles. The molecule has 0 aromatic rings. The molecule has 0 aliphatic rings. The molecule has 0 heterocycles. The molecule has 4 nitrogen and oxygen atoms in total. The van der Waals surface area contributed by atoms with Gasteiger partial charge in [-0.25, -0.2) is 0 Å². The molecule has 1 unspecified atom stereocenters. The lowest BCUT2D eigenvalue weighted by Gasteiger charge is -2.14. The number of rotatable bonds is 16. The fourth-order valence-corrected chi connectivity index (χ4v) is 2.54. The molecule has 0 radical (unpaired) electrons. The zero-order chi connectivity index (χ0) is 18.0. The molecule has 0 aliphatic heterocycles. The lowest BCUT2D eigenvalue weighted by molar-refractivity contribution is -0.155. The van der Waals surface area contributed by atoms with Crippen molar-refractivity contribution in [3.8, 4) is 0 Å². The normalized spacial score (nSPS) is 12.0. The molecular formula is C20H38O4. The maximum absolute atomic E-state index is 12.0.